The molecule has 120 valence electrons. The highest BCUT2D eigenvalue weighted by Gasteiger charge is 2.10. The van der Waals surface area contributed by atoms with Crippen molar-refractivity contribution in [1.82, 2.24) is 5.32 Å². The normalized spacial score (nSPS) is 12.8. The van der Waals surface area contributed by atoms with Gasteiger partial charge in [-0.25, -0.2) is 4.79 Å². The molecule has 0 amide bonds. The zero-order valence-electron chi connectivity index (χ0n) is 13.5. The quantitative estimate of drug-likeness (QED) is 0.800. The fourth-order valence-electron chi connectivity index (χ4n) is 2.22. The van der Waals surface area contributed by atoms with Gasteiger partial charge in [0.15, 0.2) is 0 Å². The largest absolute Gasteiger partial charge is 0.491 e. The number of aliphatic hydroxyl groups excluding tert-OH is 1. The molecule has 0 fully saturated rings. The molecule has 0 saturated carbocycles. The summed E-state index contributed by atoms with van der Waals surface area (Å²) < 4.78 is 10.9. The number of aliphatic hydroxyl groups is 1. The van der Waals surface area contributed by atoms with Crippen LogP contribution in [0.3, 0.4) is 0 Å². The van der Waals surface area contributed by atoms with Crippen LogP contribution in [0.15, 0.2) is 27.4 Å². The van der Waals surface area contributed by atoms with Crippen molar-refractivity contribution in [2.24, 2.45) is 0 Å². The van der Waals surface area contributed by atoms with E-state index in [2.05, 4.69) is 5.32 Å². The molecule has 5 heteroatoms. The Kier molecular flexibility index (Phi) is 5.21. The monoisotopic (exact) mass is 305 g/mol. The maximum atomic E-state index is 11.4. The Balaban J connectivity index is 2.14. The second kappa shape index (κ2) is 6.94. The molecule has 2 aromatic rings. The molecule has 0 radical (unpaired) electrons. The summed E-state index contributed by atoms with van der Waals surface area (Å²) >= 11 is 0. The van der Waals surface area contributed by atoms with E-state index in [1.807, 2.05) is 33.8 Å². The van der Waals surface area contributed by atoms with Gasteiger partial charge in [0.2, 0.25) is 0 Å². The Morgan fingerprint density at radius 3 is 2.64 bits per heavy atom. The molecule has 0 aliphatic heterocycles. The number of hydrogen-bond donors (Lipinski definition) is 2. The lowest BCUT2D eigenvalue weighted by atomic mass is 10.1. The predicted molar refractivity (Wildman–Crippen MR) is 86.6 cm³/mol. The maximum absolute atomic E-state index is 11.4. The first kappa shape index (κ1) is 16.5. The summed E-state index contributed by atoms with van der Waals surface area (Å²) in [6, 6.07) is 5.43. The third-order valence-corrected chi connectivity index (χ3v) is 3.44. The van der Waals surface area contributed by atoms with Gasteiger partial charge in [-0.2, -0.15) is 0 Å². The van der Waals surface area contributed by atoms with Gasteiger partial charge in [-0.3, -0.25) is 0 Å². The number of aryl methyl sites for hydroxylation is 2. The average molecular weight is 305 g/mol. The summed E-state index contributed by atoms with van der Waals surface area (Å²) in [5.74, 6) is 0.688. The van der Waals surface area contributed by atoms with Gasteiger partial charge in [-0.05, 0) is 37.1 Å². The maximum Gasteiger partial charge on any atom is 0.336 e. The van der Waals surface area contributed by atoms with Crippen molar-refractivity contribution in [2.75, 3.05) is 13.2 Å². The SMILES string of the molecule is Cc1cc2oc(=O)cc(C)c2cc1OCC(O)CNC(C)C. The Labute approximate surface area is 129 Å². The zero-order valence-corrected chi connectivity index (χ0v) is 13.5. The molecule has 1 aromatic heterocycles. The van der Waals surface area contributed by atoms with Crippen LogP contribution in [0.25, 0.3) is 11.0 Å². The van der Waals surface area contributed by atoms with Gasteiger partial charge in [0.25, 0.3) is 0 Å². The van der Waals surface area contributed by atoms with Crippen molar-refractivity contribution >= 4 is 11.0 Å². The Morgan fingerprint density at radius 2 is 1.95 bits per heavy atom. The summed E-state index contributed by atoms with van der Waals surface area (Å²) in [6.45, 7) is 8.49. The molecule has 0 saturated heterocycles. The summed E-state index contributed by atoms with van der Waals surface area (Å²) in [6.07, 6.45) is -0.577. The van der Waals surface area contributed by atoms with E-state index < -0.39 is 6.10 Å². The molecule has 1 heterocycles. The van der Waals surface area contributed by atoms with Crippen molar-refractivity contribution in [1.29, 1.82) is 0 Å². The molecule has 1 aromatic carbocycles. The van der Waals surface area contributed by atoms with Gasteiger partial charge >= 0.3 is 5.63 Å². The fourth-order valence-corrected chi connectivity index (χ4v) is 2.22. The molecule has 0 aliphatic rings. The number of rotatable bonds is 6. The zero-order chi connectivity index (χ0) is 16.3. The minimum Gasteiger partial charge on any atom is -0.491 e. The van der Waals surface area contributed by atoms with Crippen LogP contribution in [0.1, 0.15) is 25.0 Å². The smallest absolute Gasteiger partial charge is 0.336 e. The number of fused-ring (bicyclic) bond motifs is 1. The first-order valence-electron chi connectivity index (χ1n) is 7.46. The highest BCUT2D eigenvalue weighted by atomic mass is 16.5. The van der Waals surface area contributed by atoms with Crippen LogP contribution in [0.2, 0.25) is 0 Å². The topological polar surface area (TPSA) is 71.7 Å². The predicted octanol–water partition coefficient (Wildman–Crippen LogP) is 2.15. The molecule has 2 rings (SSSR count). The van der Waals surface area contributed by atoms with E-state index in [0.29, 0.717) is 23.9 Å². The van der Waals surface area contributed by atoms with Gasteiger partial charge in [0.05, 0.1) is 0 Å². The summed E-state index contributed by atoms with van der Waals surface area (Å²) in [5.41, 5.74) is 1.91. The van der Waals surface area contributed by atoms with Crippen LogP contribution >= 0.6 is 0 Å². The standard InChI is InChI=1S/C17H23NO4/c1-10(2)18-8-13(19)9-21-15-7-14-11(3)6-17(20)22-16(14)5-12(15)4/h5-7,10,13,18-19H,8-9H2,1-4H3. The van der Waals surface area contributed by atoms with E-state index in [9.17, 15) is 9.90 Å². The lowest BCUT2D eigenvalue weighted by Crippen LogP contribution is -2.35. The lowest BCUT2D eigenvalue weighted by molar-refractivity contribution is 0.104. The molecule has 22 heavy (non-hydrogen) atoms. The van der Waals surface area contributed by atoms with Crippen LogP contribution < -0.4 is 15.7 Å². The minimum atomic E-state index is -0.577. The van der Waals surface area contributed by atoms with Gasteiger partial charge in [-0.15, -0.1) is 0 Å². The lowest BCUT2D eigenvalue weighted by Gasteiger charge is -2.16. The molecule has 0 spiro atoms. The Morgan fingerprint density at radius 1 is 1.23 bits per heavy atom. The fraction of sp³-hybridized carbons (Fsp3) is 0.471. The van der Waals surface area contributed by atoms with Crippen LogP contribution in [0.4, 0.5) is 0 Å². The third-order valence-electron chi connectivity index (χ3n) is 3.44. The first-order valence-corrected chi connectivity index (χ1v) is 7.46. The van der Waals surface area contributed by atoms with Gasteiger partial charge < -0.3 is 19.6 Å². The van der Waals surface area contributed by atoms with Crippen molar-refractivity contribution in [2.45, 2.75) is 39.8 Å². The van der Waals surface area contributed by atoms with Crippen molar-refractivity contribution in [3.63, 3.8) is 0 Å². The molecule has 1 atom stereocenters. The van der Waals surface area contributed by atoms with E-state index in [0.717, 1.165) is 16.5 Å². The summed E-state index contributed by atoms with van der Waals surface area (Å²) in [7, 11) is 0. The molecule has 0 bridgehead atoms. The van der Waals surface area contributed by atoms with E-state index in [1.165, 1.54) is 6.07 Å². The van der Waals surface area contributed by atoms with Crippen LogP contribution in [0, 0.1) is 13.8 Å². The molecule has 0 aliphatic carbocycles. The first-order chi connectivity index (χ1) is 10.4. The van der Waals surface area contributed by atoms with Crippen LogP contribution in [-0.4, -0.2) is 30.4 Å². The Bertz CT molecular complexity index is 706. The van der Waals surface area contributed by atoms with Crippen LogP contribution in [0.5, 0.6) is 5.75 Å². The van der Waals surface area contributed by atoms with E-state index in [1.54, 1.807) is 6.07 Å². The molecular formula is C17H23NO4. The van der Waals surface area contributed by atoms with E-state index in [4.69, 9.17) is 9.15 Å². The Hall–Kier alpha value is -1.85. The van der Waals surface area contributed by atoms with E-state index in [-0.39, 0.29) is 12.2 Å². The van der Waals surface area contributed by atoms with Crippen molar-refractivity contribution in [3.05, 3.63) is 39.7 Å². The second-order valence-corrected chi connectivity index (χ2v) is 5.89. The third kappa shape index (κ3) is 4.08. The van der Waals surface area contributed by atoms with E-state index >= 15 is 0 Å². The summed E-state index contributed by atoms with van der Waals surface area (Å²) in [4.78, 5) is 11.4. The van der Waals surface area contributed by atoms with Crippen LogP contribution in [-0.2, 0) is 0 Å². The van der Waals surface area contributed by atoms with Gasteiger partial charge in [-0.1, -0.05) is 13.8 Å². The van der Waals surface area contributed by atoms with Crippen molar-refractivity contribution in [3.8, 4) is 5.75 Å². The van der Waals surface area contributed by atoms with Gasteiger partial charge in [0, 0.05) is 24.0 Å². The highest BCUT2D eigenvalue weighted by molar-refractivity contribution is 5.82. The number of ether oxygens (including phenoxy) is 1. The molecule has 1 unspecified atom stereocenters. The second-order valence-electron chi connectivity index (χ2n) is 5.89. The molecular weight excluding hydrogens is 282 g/mol. The summed E-state index contributed by atoms with van der Waals surface area (Å²) in [5, 5.41) is 13.9. The minimum absolute atomic E-state index is 0.210. The number of nitrogens with one attached hydrogen (secondary N) is 1. The molecule has 5 nitrogen and oxygen atoms in total. The highest BCUT2D eigenvalue weighted by Crippen LogP contribution is 2.26. The average Bonchev–Trinajstić information content (AvgIpc) is 2.42. The van der Waals surface area contributed by atoms with Gasteiger partial charge in [0.1, 0.15) is 24.0 Å². The number of hydrogen-bond acceptors (Lipinski definition) is 5. The number of benzene rings is 1. The van der Waals surface area contributed by atoms with Crippen molar-refractivity contribution < 1.29 is 14.3 Å². The molecule has 2 N–H and O–H groups in total.